The molecule has 0 aliphatic rings. The van der Waals surface area contributed by atoms with Gasteiger partial charge in [0, 0.05) is 19.8 Å². The first kappa shape index (κ1) is 23.9. The zero-order chi connectivity index (χ0) is 15.2. The fraction of sp³-hybridized carbons (Fsp3) is 1.00. The molecule has 3 nitrogen and oxygen atoms in total. The molecule has 0 aliphatic heterocycles. The molecule has 1 N–H and O–H groups in total. The fourth-order valence-electron chi connectivity index (χ4n) is 1.26. The van der Waals surface area contributed by atoms with Gasteiger partial charge in [-0.1, -0.05) is 52.4 Å². The Hall–Kier alpha value is -0.120. The minimum Gasteiger partial charge on any atom is -0.397 e. The van der Waals surface area contributed by atoms with Crippen LogP contribution in [0.1, 0.15) is 73.1 Å². The monoisotopic (exact) mass is 278 g/mol. The van der Waals surface area contributed by atoms with Gasteiger partial charge in [-0.3, -0.25) is 0 Å². The van der Waals surface area contributed by atoms with Crippen LogP contribution in [-0.2, 0) is 9.47 Å². The van der Waals surface area contributed by atoms with Crippen molar-refractivity contribution in [2.45, 2.75) is 73.1 Å². The smallest absolute Gasteiger partial charge is 0.0700 e. The van der Waals surface area contributed by atoms with Crippen LogP contribution in [0.25, 0.3) is 0 Å². The Bertz CT molecular complexity index is 84.2. The predicted molar refractivity (Wildman–Crippen MR) is 84.8 cm³/mol. The lowest BCUT2D eigenvalue weighted by Crippen LogP contribution is -2.02. The highest BCUT2D eigenvalue weighted by Gasteiger charge is 1.83. The van der Waals surface area contributed by atoms with Crippen molar-refractivity contribution < 1.29 is 14.6 Å². The average molecular weight is 278 g/mol. The van der Waals surface area contributed by atoms with Crippen molar-refractivity contribution in [1.29, 1.82) is 0 Å². The number of hydrogen-bond donors (Lipinski definition) is 1. The summed E-state index contributed by atoms with van der Waals surface area (Å²) in [5.41, 5.74) is 0. The molecule has 0 aromatic heterocycles. The van der Waals surface area contributed by atoms with Crippen LogP contribution in [0.4, 0.5) is 0 Å². The quantitative estimate of drug-likeness (QED) is 0.601. The van der Waals surface area contributed by atoms with Crippen LogP contribution in [0.3, 0.4) is 0 Å². The van der Waals surface area contributed by atoms with Crippen molar-refractivity contribution in [2.24, 2.45) is 0 Å². The predicted octanol–water partition coefficient (Wildman–Crippen LogP) is 4.42. The normalized spacial score (nSPS) is 9.16. The molecule has 19 heavy (non-hydrogen) atoms. The van der Waals surface area contributed by atoms with Gasteiger partial charge >= 0.3 is 0 Å². The molecule has 0 rings (SSSR count). The maximum Gasteiger partial charge on any atom is 0.0700 e. The second kappa shape index (κ2) is 30.7. The van der Waals surface area contributed by atoms with Gasteiger partial charge in [0.15, 0.2) is 0 Å². The van der Waals surface area contributed by atoms with Crippen LogP contribution >= 0.6 is 0 Å². The molecular weight excluding hydrogens is 240 g/mol. The fourth-order valence-corrected chi connectivity index (χ4v) is 1.26. The molecule has 0 aliphatic carbocycles. The minimum absolute atomic E-state index is 0.250. The van der Waals surface area contributed by atoms with E-state index >= 15 is 0 Å². The molecular formula is C16H38O3. The van der Waals surface area contributed by atoms with Crippen molar-refractivity contribution in [3.63, 3.8) is 0 Å². The summed E-state index contributed by atoms with van der Waals surface area (Å²) < 4.78 is 10.0. The number of ether oxygens (including phenoxy) is 2. The second-order valence-electron chi connectivity index (χ2n) is 4.12. The second-order valence-corrected chi connectivity index (χ2v) is 4.12. The maximum absolute atomic E-state index is 7.57. The van der Waals surface area contributed by atoms with E-state index in [2.05, 4.69) is 13.8 Å². The van der Waals surface area contributed by atoms with Crippen molar-refractivity contribution in [1.82, 2.24) is 0 Å². The average Bonchev–Trinajstić information content (AvgIpc) is 2.42. The molecule has 120 valence electrons. The zero-order valence-corrected chi connectivity index (χ0v) is 14.0. The Labute approximate surface area is 121 Å². The number of aliphatic hydroxyl groups excluding tert-OH is 1. The Morgan fingerprint density at radius 1 is 0.632 bits per heavy atom. The molecule has 0 atom stereocenters. The van der Waals surface area contributed by atoms with Gasteiger partial charge < -0.3 is 14.6 Å². The van der Waals surface area contributed by atoms with Gasteiger partial charge in [-0.2, -0.15) is 0 Å². The Morgan fingerprint density at radius 2 is 0.947 bits per heavy atom. The molecule has 0 spiro atoms. The molecule has 0 heterocycles. The van der Waals surface area contributed by atoms with Gasteiger partial charge in [-0.05, 0) is 20.8 Å². The molecule has 0 saturated carbocycles. The van der Waals surface area contributed by atoms with Crippen LogP contribution in [0, 0.1) is 0 Å². The highest BCUT2D eigenvalue weighted by Crippen LogP contribution is 2.03. The summed E-state index contributed by atoms with van der Waals surface area (Å²) in [6.45, 7) is 13.4. The van der Waals surface area contributed by atoms with Crippen molar-refractivity contribution in [3.05, 3.63) is 0 Å². The standard InChI is InChI=1S/C8H18.C6H14O2.C2H6O/c1-3-5-7-8-6-4-2;1-3-7-5-6-8-4-2;1-2-3/h3-8H2,1-2H3;3-6H2,1-2H3;3H,2H2,1H3. The van der Waals surface area contributed by atoms with Crippen LogP contribution < -0.4 is 0 Å². The molecule has 0 radical (unpaired) electrons. The largest absolute Gasteiger partial charge is 0.397 e. The van der Waals surface area contributed by atoms with Gasteiger partial charge in [0.1, 0.15) is 0 Å². The third-order valence-corrected chi connectivity index (χ3v) is 2.24. The molecule has 0 saturated heterocycles. The van der Waals surface area contributed by atoms with Crippen LogP contribution in [0.15, 0.2) is 0 Å². The third kappa shape index (κ3) is 46.2. The van der Waals surface area contributed by atoms with E-state index in [1.807, 2.05) is 13.8 Å². The van der Waals surface area contributed by atoms with Crippen LogP contribution in [0.5, 0.6) is 0 Å². The van der Waals surface area contributed by atoms with Crippen molar-refractivity contribution >= 4 is 0 Å². The SMILES string of the molecule is CCCCCCCC.CCO.CCOCCOCC. The first-order chi connectivity index (χ1) is 9.24. The molecule has 0 aromatic carbocycles. The minimum atomic E-state index is 0.250. The molecule has 0 aromatic rings. The summed E-state index contributed by atoms with van der Waals surface area (Å²) in [5.74, 6) is 0. The molecule has 0 amide bonds. The van der Waals surface area contributed by atoms with Gasteiger partial charge in [0.05, 0.1) is 13.2 Å². The third-order valence-electron chi connectivity index (χ3n) is 2.24. The Balaban J connectivity index is -0.000000224. The summed E-state index contributed by atoms with van der Waals surface area (Å²) in [6, 6.07) is 0. The highest BCUT2D eigenvalue weighted by molar-refractivity contribution is 4.39. The molecule has 3 heteroatoms. The Morgan fingerprint density at radius 3 is 1.16 bits per heavy atom. The summed E-state index contributed by atoms with van der Waals surface area (Å²) in [6.07, 6.45) is 8.49. The summed E-state index contributed by atoms with van der Waals surface area (Å²) in [7, 11) is 0. The van der Waals surface area contributed by atoms with Crippen LogP contribution in [0.2, 0.25) is 0 Å². The van der Waals surface area contributed by atoms with Gasteiger partial charge in [0.25, 0.3) is 0 Å². The molecule has 0 bridgehead atoms. The van der Waals surface area contributed by atoms with Gasteiger partial charge in [0.2, 0.25) is 0 Å². The lowest BCUT2D eigenvalue weighted by molar-refractivity contribution is 0.0584. The van der Waals surface area contributed by atoms with E-state index in [-0.39, 0.29) is 6.61 Å². The first-order valence-corrected chi connectivity index (χ1v) is 8.01. The topological polar surface area (TPSA) is 38.7 Å². The number of hydrogen-bond acceptors (Lipinski definition) is 3. The van der Waals surface area contributed by atoms with E-state index in [0.717, 1.165) is 26.4 Å². The summed E-state index contributed by atoms with van der Waals surface area (Å²) in [5, 5.41) is 7.57. The highest BCUT2D eigenvalue weighted by atomic mass is 16.5. The number of aliphatic hydroxyl groups is 1. The summed E-state index contributed by atoms with van der Waals surface area (Å²) >= 11 is 0. The lowest BCUT2D eigenvalue weighted by Gasteiger charge is -1.99. The van der Waals surface area contributed by atoms with Gasteiger partial charge in [-0.15, -0.1) is 0 Å². The van der Waals surface area contributed by atoms with E-state index in [1.54, 1.807) is 6.92 Å². The number of rotatable bonds is 10. The zero-order valence-electron chi connectivity index (χ0n) is 14.0. The van der Waals surface area contributed by atoms with Crippen LogP contribution in [-0.4, -0.2) is 38.1 Å². The first-order valence-electron chi connectivity index (χ1n) is 8.01. The van der Waals surface area contributed by atoms with Crippen molar-refractivity contribution in [2.75, 3.05) is 33.0 Å². The summed E-state index contributed by atoms with van der Waals surface area (Å²) in [4.78, 5) is 0. The van der Waals surface area contributed by atoms with E-state index in [4.69, 9.17) is 14.6 Å². The molecule has 0 fully saturated rings. The van der Waals surface area contributed by atoms with Crippen molar-refractivity contribution in [3.8, 4) is 0 Å². The van der Waals surface area contributed by atoms with E-state index < -0.39 is 0 Å². The Kier molecular flexibility index (Phi) is 38.7. The number of unbranched alkanes of at least 4 members (excludes halogenated alkanes) is 5. The lowest BCUT2D eigenvalue weighted by atomic mass is 10.1. The van der Waals surface area contributed by atoms with E-state index in [1.165, 1.54) is 38.5 Å². The maximum atomic E-state index is 7.57. The molecule has 0 unspecified atom stereocenters. The van der Waals surface area contributed by atoms with Gasteiger partial charge in [-0.25, -0.2) is 0 Å². The van der Waals surface area contributed by atoms with E-state index in [9.17, 15) is 0 Å². The van der Waals surface area contributed by atoms with E-state index in [0.29, 0.717) is 0 Å².